The molecular formula is C23H21N5O4. The van der Waals surface area contributed by atoms with Crippen molar-refractivity contribution in [3.63, 3.8) is 0 Å². The van der Waals surface area contributed by atoms with Crippen molar-refractivity contribution in [3.8, 4) is 5.69 Å². The number of hydrogen-bond donors (Lipinski definition) is 1. The van der Waals surface area contributed by atoms with Crippen molar-refractivity contribution in [1.29, 1.82) is 0 Å². The average molecular weight is 431 g/mol. The number of hydrogen-bond acceptors (Lipinski definition) is 5. The zero-order valence-corrected chi connectivity index (χ0v) is 17.6. The summed E-state index contributed by atoms with van der Waals surface area (Å²) < 4.78 is 3.37. The SMILES string of the molecule is CCCn1ccc2cc(NC(=O)c3nn(-c4ccccc4[N+](=O)[O-])c(C)cc3=O)ccc21. The maximum Gasteiger partial charge on any atom is 0.294 e. The molecular weight excluding hydrogens is 410 g/mol. The second-order valence-electron chi connectivity index (χ2n) is 7.39. The van der Waals surface area contributed by atoms with Gasteiger partial charge in [-0.3, -0.25) is 19.7 Å². The third-order valence-electron chi connectivity index (χ3n) is 5.12. The molecule has 162 valence electrons. The minimum atomic E-state index is -0.685. The monoisotopic (exact) mass is 431 g/mol. The first kappa shape index (κ1) is 21.0. The van der Waals surface area contributed by atoms with Crippen LogP contribution >= 0.6 is 0 Å². The van der Waals surface area contributed by atoms with E-state index in [4.69, 9.17) is 0 Å². The number of para-hydroxylation sites is 2. The molecule has 0 fully saturated rings. The Hall–Kier alpha value is -4.27. The Morgan fingerprint density at radius 1 is 1.16 bits per heavy atom. The molecule has 9 nitrogen and oxygen atoms in total. The summed E-state index contributed by atoms with van der Waals surface area (Å²) in [5.41, 5.74) is 1.03. The highest BCUT2D eigenvalue weighted by atomic mass is 16.6. The van der Waals surface area contributed by atoms with Crippen molar-refractivity contribution >= 4 is 28.2 Å². The summed E-state index contributed by atoms with van der Waals surface area (Å²) in [7, 11) is 0. The van der Waals surface area contributed by atoms with Gasteiger partial charge >= 0.3 is 0 Å². The minimum absolute atomic E-state index is 0.169. The zero-order chi connectivity index (χ0) is 22.8. The Morgan fingerprint density at radius 3 is 2.69 bits per heavy atom. The molecule has 0 saturated carbocycles. The second kappa shape index (κ2) is 8.46. The number of amides is 1. The highest BCUT2D eigenvalue weighted by Crippen LogP contribution is 2.23. The van der Waals surface area contributed by atoms with E-state index in [0.29, 0.717) is 11.4 Å². The molecule has 0 aliphatic carbocycles. The van der Waals surface area contributed by atoms with Gasteiger partial charge in [0.1, 0.15) is 5.69 Å². The molecule has 1 amide bonds. The largest absolute Gasteiger partial charge is 0.347 e. The maximum atomic E-state index is 12.9. The molecule has 0 spiro atoms. The van der Waals surface area contributed by atoms with Crippen LogP contribution in [0.3, 0.4) is 0 Å². The second-order valence-corrected chi connectivity index (χ2v) is 7.39. The Kier molecular flexibility index (Phi) is 5.55. The van der Waals surface area contributed by atoms with E-state index >= 15 is 0 Å². The topological polar surface area (TPSA) is 112 Å². The number of anilines is 1. The van der Waals surface area contributed by atoms with Gasteiger partial charge in [-0.2, -0.15) is 5.10 Å². The van der Waals surface area contributed by atoms with Gasteiger partial charge < -0.3 is 9.88 Å². The van der Waals surface area contributed by atoms with E-state index in [-0.39, 0.29) is 17.1 Å². The van der Waals surface area contributed by atoms with Crippen molar-refractivity contribution < 1.29 is 9.72 Å². The highest BCUT2D eigenvalue weighted by molar-refractivity contribution is 6.03. The van der Waals surface area contributed by atoms with E-state index in [1.165, 1.54) is 28.9 Å². The third kappa shape index (κ3) is 3.87. The lowest BCUT2D eigenvalue weighted by Crippen LogP contribution is -2.27. The van der Waals surface area contributed by atoms with Crippen molar-refractivity contribution in [2.24, 2.45) is 0 Å². The summed E-state index contributed by atoms with van der Waals surface area (Å²) >= 11 is 0. The van der Waals surface area contributed by atoms with E-state index in [1.807, 2.05) is 24.4 Å². The van der Waals surface area contributed by atoms with E-state index in [9.17, 15) is 19.7 Å². The molecule has 1 N–H and O–H groups in total. The molecule has 0 unspecified atom stereocenters. The number of nitro benzene ring substituents is 1. The van der Waals surface area contributed by atoms with Crippen molar-refractivity contribution in [3.05, 3.63) is 92.5 Å². The van der Waals surface area contributed by atoms with Gasteiger partial charge in [0.2, 0.25) is 5.43 Å². The molecule has 4 rings (SSSR count). The fourth-order valence-corrected chi connectivity index (χ4v) is 3.65. The maximum absolute atomic E-state index is 12.9. The number of nitrogens with one attached hydrogen (secondary N) is 1. The molecule has 0 saturated heterocycles. The Morgan fingerprint density at radius 2 is 1.94 bits per heavy atom. The first-order chi connectivity index (χ1) is 15.4. The Labute approximate surface area is 183 Å². The minimum Gasteiger partial charge on any atom is -0.347 e. The number of aryl methyl sites for hydroxylation is 2. The first-order valence-corrected chi connectivity index (χ1v) is 10.1. The smallest absolute Gasteiger partial charge is 0.294 e. The van der Waals surface area contributed by atoms with Gasteiger partial charge in [0.05, 0.1) is 4.92 Å². The fourth-order valence-electron chi connectivity index (χ4n) is 3.65. The molecule has 9 heteroatoms. The van der Waals surface area contributed by atoms with Gasteiger partial charge in [-0.15, -0.1) is 0 Å². The van der Waals surface area contributed by atoms with Crippen LogP contribution in [0.2, 0.25) is 0 Å². The number of carbonyl (C=O) groups is 1. The van der Waals surface area contributed by atoms with Crippen molar-refractivity contribution in [2.45, 2.75) is 26.8 Å². The summed E-state index contributed by atoms with van der Waals surface area (Å²) in [4.78, 5) is 36.2. The van der Waals surface area contributed by atoms with Crippen molar-refractivity contribution in [2.75, 3.05) is 5.32 Å². The molecule has 2 heterocycles. The molecule has 32 heavy (non-hydrogen) atoms. The van der Waals surface area contributed by atoms with Gasteiger partial charge in [0, 0.05) is 47.2 Å². The summed E-state index contributed by atoms with van der Waals surface area (Å²) in [6.07, 6.45) is 3.00. The zero-order valence-electron chi connectivity index (χ0n) is 17.6. The van der Waals surface area contributed by atoms with Crippen LogP contribution in [0.25, 0.3) is 16.6 Å². The van der Waals surface area contributed by atoms with E-state index in [0.717, 1.165) is 23.9 Å². The van der Waals surface area contributed by atoms with Crippen LogP contribution in [0.5, 0.6) is 0 Å². The van der Waals surface area contributed by atoms with E-state index < -0.39 is 16.3 Å². The molecule has 0 aliphatic rings. The summed E-state index contributed by atoms with van der Waals surface area (Å²) in [5.74, 6) is -0.685. The van der Waals surface area contributed by atoms with Crippen LogP contribution in [0.15, 0.2) is 65.6 Å². The van der Waals surface area contributed by atoms with Crippen LogP contribution < -0.4 is 10.7 Å². The lowest BCUT2D eigenvalue weighted by atomic mass is 10.2. The number of benzene rings is 2. The predicted octanol–water partition coefficient (Wildman–Crippen LogP) is 4.07. The summed E-state index contributed by atoms with van der Waals surface area (Å²) in [6.45, 7) is 4.60. The molecule has 0 radical (unpaired) electrons. The predicted molar refractivity (Wildman–Crippen MR) is 121 cm³/mol. The summed E-state index contributed by atoms with van der Waals surface area (Å²) in [5, 5.41) is 19.2. The fraction of sp³-hybridized carbons (Fsp3) is 0.174. The quantitative estimate of drug-likeness (QED) is 0.365. The van der Waals surface area contributed by atoms with E-state index in [1.54, 1.807) is 19.1 Å². The van der Waals surface area contributed by atoms with Gasteiger partial charge in [0.25, 0.3) is 11.6 Å². The standard InChI is InChI=1S/C23H21N5O4/c1-3-11-26-12-10-16-14-17(8-9-18(16)26)24-23(30)22-21(29)13-15(2)27(25-22)19-6-4-5-7-20(19)28(31)32/h4-10,12-14H,3,11H2,1-2H3,(H,24,30). The highest BCUT2D eigenvalue weighted by Gasteiger charge is 2.20. The molecule has 2 aromatic carbocycles. The lowest BCUT2D eigenvalue weighted by Gasteiger charge is -2.12. The molecule has 0 aliphatic heterocycles. The summed E-state index contributed by atoms with van der Waals surface area (Å²) in [6, 6.07) is 14.7. The van der Waals surface area contributed by atoms with Crippen LogP contribution in [0.1, 0.15) is 29.5 Å². The normalized spacial score (nSPS) is 10.9. The number of nitrogens with zero attached hydrogens (tertiary/aromatic N) is 4. The van der Waals surface area contributed by atoms with Gasteiger partial charge in [-0.25, -0.2) is 4.68 Å². The van der Waals surface area contributed by atoms with Crippen LogP contribution in [-0.4, -0.2) is 25.2 Å². The van der Waals surface area contributed by atoms with Gasteiger partial charge in [-0.1, -0.05) is 19.1 Å². The third-order valence-corrected chi connectivity index (χ3v) is 5.12. The number of fused-ring (bicyclic) bond motifs is 1. The van der Waals surface area contributed by atoms with Gasteiger partial charge in [0.15, 0.2) is 5.69 Å². The number of nitro groups is 1. The van der Waals surface area contributed by atoms with Crippen LogP contribution in [-0.2, 0) is 6.54 Å². The van der Waals surface area contributed by atoms with Crippen molar-refractivity contribution in [1.82, 2.24) is 14.3 Å². The first-order valence-electron chi connectivity index (χ1n) is 10.1. The van der Waals surface area contributed by atoms with E-state index in [2.05, 4.69) is 21.9 Å². The van der Waals surface area contributed by atoms with Crippen LogP contribution in [0, 0.1) is 17.0 Å². The molecule has 0 bridgehead atoms. The average Bonchev–Trinajstić information content (AvgIpc) is 3.16. The number of carbonyl (C=O) groups excluding carboxylic acids is 1. The van der Waals surface area contributed by atoms with Crippen LogP contribution in [0.4, 0.5) is 11.4 Å². The Balaban J connectivity index is 1.69. The Bertz CT molecular complexity index is 1400. The van der Waals surface area contributed by atoms with Gasteiger partial charge in [-0.05, 0) is 43.7 Å². The number of aromatic nitrogens is 3. The molecule has 2 aromatic heterocycles. The lowest BCUT2D eigenvalue weighted by molar-refractivity contribution is -0.384. The molecule has 0 atom stereocenters. The molecule has 4 aromatic rings. The number of rotatable bonds is 6.